The minimum atomic E-state index is -0.325. The van der Waals surface area contributed by atoms with Crippen molar-refractivity contribution < 1.29 is 8.81 Å². The van der Waals surface area contributed by atoms with Crippen LogP contribution in [-0.2, 0) is 6.54 Å². The number of halogens is 1. The number of nitrogens with zero attached hydrogens (tertiary/aromatic N) is 3. The average Bonchev–Trinajstić information content (AvgIpc) is 3.34. The number of aromatic nitrogens is 3. The number of hydrogen-bond donors (Lipinski definition) is 0. The summed E-state index contributed by atoms with van der Waals surface area (Å²) >= 11 is 0. The third kappa shape index (κ3) is 2.81. The number of benzene rings is 3. The van der Waals surface area contributed by atoms with E-state index in [0.29, 0.717) is 28.6 Å². The van der Waals surface area contributed by atoms with E-state index in [1.807, 2.05) is 55.5 Å². The van der Waals surface area contributed by atoms with Gasteiger partial charge >= 0.3 is 0 Å². The molecule has 31 heavy (non-hydrogen) atoms. The predicted octanol–water partition coefficient (Wildman–Crippen LogP) is 6.49. The van der Waals surface area contributed by atoms with E-state index >= 15 is 0 Å². The molecule has 3 heterocycles. The molecule has 3 aromatic carbocycles. The van der Waals surface area contributed by atoms with Crippen LogP contribution in [0, 0.1) is 12.7 Å². The van der Waals surface area contributed by atoms with Crippen molar-refractivity contribution in [1.29, 1.82) is 0 Å². The molecule has 0 aliphatic heterocycles. The number of para-hydroxylation sites is 2. The molecule has 0 bridgehead atoms. The molecule has 0 saturated heterocycles. The normalized spacial score (nSPS) is 11.7. The zero-order chi connectivity index (χ0) is 20.9. The summed E-state index contributed by atoms with van der Waals surface area (Å²) in [5.74, 6) is 0.416. The fourth-order valence-corrected chi connectivity index (χ4v) is 4.20. The Morgan fingerprint density at radius 3 is 2.55 bits per heavy atom. The van der Waals surface area contributed by atoms with Crippen molar-refractivity contribution in [3.8, 4) is 11.4 Å². The number of imidazole rings is 1. The van der Waals surface area contributed by atoms with Gasteiger partial charge in [-0.15, -0.1) is 0 Å². The first-order valence-electron chi connectivity index (χ1n) is 10.2. The molecule has 0 N–H and O–H groups in total. The molecule has 0 spiro atoms. The fourth-order valence-electron chi connectivity index (χ4n) is 4.20. The highest BCUT2D eigenvalue weighted by atomic mass is 19.1. The van der Waals surface area contributed by atoms with E-state index in [1.165, 1.54) is 6.07 Å². The quantitative estimate of drug-likeness (QED) is 0.337. The summed E-state index contributed by atoms with van der Waals surface area (Å²) in [6.45, 7) is 2.54. The number of aryl methyl sites for hydroxylation is 1. The summed E-state index contributed by atoms with van der Waals surface area (Å²) in [6, 6.07) is 25.2. The third-order valence-corrected chi connectivity index (χ3v) is 5.65. The Hall–Kier alpha value is -3.99. The second-order valence-electron chi connectivity index (χ2n) is 7.70. The second-order valence-corrected chi connectivity index (χ2v) is 7.70. The molecule has 0 fully saturated rings. The van der Waals surface area contributed by atoms with Crippen LogP contribution in [0.4, 0.5) is 4.39 Å². The third-order valence-electron chi connectivity index (χ3n) is 5.65. The molecule has 0 atom stereocenters. The van der Waals surface area contributed by atoms with Crippen LogP contribution in [0.15, 0.2) is 83.3 Å². The van der Waals surface area contributed by atoms with Gasteiger partial charge in [0.2, 0.25) is 5.71 Å². The van der Waals surface area contributed by atoms with Gasteiger partial charge in [-0.1, -0.05) is 42.5 Å². The minimum Gasteiger partial charge on any atom is -0.437 e. The molecule has 6 rings (SSSR count). The lowest BCUT2D eigenvalue weighted by molar-refractivity contribution is 0.630. The van der Waals surface area contributed by atoms with Crippen LogP contribution in [-0.4, -0.2) is 14.5 Å². The first kappa shape index (κ1) is 17.8. The SMILES string of the molecule is Cc1ccc2c(n1)oc1c(-c3nc4ccccc4n3Cc3ccccc3)ccc(F)c12. The molecule has 0 amide bonds. The van der Waals surface area contributed by atoms with Crippen LogP contribution in [0.5, 0.6) is 0 Å². The second kappa shape index (κ2) is 6.77. The maximum atomic E-state index is 14.9. The zero-order valence-electron chi connectivity index (χ0n) is 16.8. The molecule has 4 nitrogen and oxygen atoms in total. The molecule has 3 aromatic heterocycles. The number of hydrogen-bond acceptors (Lipinski definition) is 3. The fraction of sp³-hybridized carbons (Fsp3) is 0.0769. The number of fused-ring (bicyclic) bond motifs is 4. The highest BCUT2D eigenvalue weighted by Crippen LogP contribution is 2.37. The lowest BCUT2D eigenvalue weighted by Gasteiger charge is -2.10. The van der Waals surface area contributed by atoms with Gasteiger partial charge in [0.05, 0.1) is 27.4 Å². The average molecular weight is 407 g/mol. The van der Waals surface area contributed by atoms with Crippen LogP contribution in [0.2, 0.25) is 0 Å². The van der Waals surface area contributed by atoms with Gasteiger partial charge in [0.1, 0.15) is 11.6 Å². The van der Waals surface area contributed by atoms with E-state index in [-0.39, 0.29) is 5.82 Å². The summed E-state index contributed by atoms with van der Waals surface area (Å²) in [6.07, 6.45) is 0. The van der Waals surface area contributed by atoms with Crippen molar-refractivity contribution >= 4 is 33.1 Å². The lowest BCUT2D eigenvalue weighted by Crippen LogP contribution is -2.02. The van der Waals surface area contributed by atoms with E-state index in [9.17, 15) is 4.39 Å². The van der Waals surface area contributed by atoms with Crippen LogP contribution in [0.1, 0.15) is 11.3 Å². The molecule has 0 aliphatic rings. The number of furan rings is 1. The van der Waals surface area contributed by atoms with Crippen LogP contribution in [0.25, 0.3) is 44.5 Å². The molecular formula is C26H18FN3O. The molecule has 0 unspecified atom stereocenters. The molecule has 0 saturated carbocycles. The Labute approximate surface area is 177 Å². The Morgan fingerprint density at radius 2 is 1.68 bits per heavy atom. The standard InChI is InChI=1S/C26H18FN3O/c1-16-11-12-18-23-20(27)14-13-19(24(23)31-26(18)28-16)25-29-21-9-5-6-10-22(21)30(25)15-17-7-3-2-4-8-17/h2-14H,15H2,1H3. The van der Waals surface area contributed by atoms with Crippen molar-refractivity contribution in [3.63, 3.8) is 0 Å². The lowest BCUT2D eigenvalue weighted by atomic mass is 10.1. The summed E-state index contributed by atoms with van der Waals surface area (Å²) in [7, 11) is 0. The smallest absolute Gasteiger partial charge is 0.227 e. The maximum absolute atomic E-state index is 14.9. The van der Waals surface area contributed by atoms with Crippen LogP contribution >= 0.6 is 0 Å². The molecule has 0 radical (unpaired) electrons. The molecule has 0 aliphatic carbocycles. The summed E-state index contributed by atoms with van der Waals surface area (Å²) < 4.78 is 23.1. The van der Waals surface area contributed by atoms with Gasteiger partial charge in [-0.3, -0.25) is 0 Å². The van der Waals surface area contributed by atoms with E-state index < -0.39 is 0 Å². The van der Waals surface area contributed by atoms with Gasteiger partial charge < -0.3 is 8.98 Å². The molecule has 6 aromatic rings. The van der Waals surface area contributed by atoms with Gasteiger partial charge in [-0.25, -0.2) is 14.4 Å². The first-order valence-corrected chi connectivity index (χ1v) is 10.2. The van der Waals surface area contributed by atoms with E-state index in [1.54, 1.807) is 6.07 Å². The zero-order valence-corrected chi connectivity index (χ0v) is 16.8. The minimum absolute atomic E-state index is 0.325. The highest BCUT2D eigenvalue weighted by molar-refractivity contribution is 6.08. The van der Waals surface area contributed by atoms with Crippen LogP contribution in [0.3, 0.4) is 0 Å². The topological polar surface area (TPSA) is 43.9 Å². The molecular weight excluding hydrogens is 389 g/mol. The van der Waals surface area contributed by atoms with Crippen molar-refractivity contribution in [2.75, 3.05) is 0 Å². The molecule has 5 heteroatoms. The summed E-state index contributed by atoms with van der Waals surface area (Å²) in [5.41, 5.74) is 5.54. The van der Waals surface area contributed by atoms with Crippen molar-refractivity contribution in [1.82, 2.24) is 14.5 Å². The Kier molecular flexibility index (Phi) is 3.90. The Balaban J connectivity index is 1.66. The first-order chi connectivity index (χ1) is 15.2. The largest absolute Gasteiger partial charge is 0.437 e. The Morgan fingerprint density at radius 1 is 0.871 bits per heavy atom. The van der Waals surface area contributed by atoms with Gasteiger partial charge in [-0.05, 0) is 48.9 Å². The van der Waals surface area contributed by atoms with Crippen molar-refractivity contribution in [2.24, 2.45) is 0 Å². The molecule has 150 valence electrons. The van der Waals surface area contributed by atoms with Crippen LogP contribution < -0.4 is 0 Å². The van der Waals surface area contributed by atoms with Gasteiger partial charge in [0.15, 0.2) is 5.58 Å². The van der Waals surface area contributed by atoms with Crippen molar-refractivity contribution in [2.45, 2.75) is 13.5 Å². The van der Waals surface area contributed by atoms with Gasteiger partial charge in [0.25, 0.3) is 0 Å². The van der Waals surface area contributed by atoms with E-state index in [4.69, 9.17) is 9.40 Å². The van der Waals surface area contributed by atoms with E-state index in [0.717, 1.165) is 33.7 Å². The van der Waals surface area contributed by atoms with E-state index in [2.05, 4.69) is 27.8 Å². The Bertz CT molecular complexity index is 1580. The highest BCUT2D eigenvalue weighted by Gasteiger charge is 2.21. The number of rotatable bonds is 3. The monoisotopic (exact) mass is 407 g/mol. The summed E-state index contributed by atoms with van der Waals surface area (Å²) in [4.78, 5) is 9.37. The predicted molar refractivity (Wildman–Crippen MR) is 120 cm³/mol. The van der Waals surface area contributed by atoms with Crippen molar-refractivity contribution in [3.05, 3.63) is 95.9 Å². The summed E-state index contributed by atoms with van der Waals surface area (Å²) in [5, 5.41) is 1.11. The van der Waals surface area contributed by atoms with Gasteiger partial charge in [-0.2, -0.15) is 0 Å². The number of pyridine rings is 1. The van der Waals surface area contributed by atoms with Gasteiger partial charge in [0, 0.05) is 12.2 Å². The maximum Gasteiger partial charge on any atom is 0.227 e.